The van der Waals surface area contributed by atoms with Gasteiger partial charge < -0.3 is 4.74 Å². The van der Waals surface area contributed by atoms with Crippen molar-refractivity contribution in [3.8, 4) is 0 Å². The lowest BCUT2D eigenvalue weighted by molar-refractivity contribution is -0.0317. The first-order valence-electron chi connectivity index (χ1n) is 10.7. The van der Waals surface area contributed by atoms with Gasteiger partial charge in [0.05, 0.1) is 5.60 Å². The Labute approximate surface area is 166 Å². The lowest BCUT2D eigenvalue weighted by Gasteiger charge is -2.28. The van der Waals surface area contributed by atoms with Crippen molar-refractivity contribution in [1.82, 2.24) is 0 Å². The molecule has 26 heavy (non-hydrogen) atoms. The van der Waals surface area contributed by atoms with Gasteiger partial charge in [0.25, 0.3) is 0 Å². The van der Waals surface area contributed by atoms with Crippen molar-refractivity contribution >= 4 is 0 Å². The molecule has 0 bridgehead atoms. The Morgan fingerprint density at radius 3 is 1.54 bits per heavy atom. The van der Waals surface area contributed by atoms with Gasteiger partial charge in [0.1, 0.15) is 0 Å². The molecule has 0 fully saturated rings. The van der Waals surface area contributed by atoms with Gasteiger partial charge in [-0.05, 0) is 44.1 Å². The Hall–Kier alpha value is -0.820. The highest BCUT2D eigenvalue weighted by Gasteiger charge is 2.22. The van der Waals surface area contributed by atoms with E-state index in [9.17, 15) is 0 Å². The van der Waals surface area contributed by atoms with E-state index in [1.165, 1.54) is 17.5 Å². The minimum Gasteiger partial charge on any atom is -0.371 e. The fraction of sp³-hybridized carbons (Fsp3) is 0.760. The van der Waals surface area contributed by atoms with Crippen LogP contribution in [0.3, 0.4) is 0 Å². The summed E-state index contributed by atoms with van der Waals surface area (Å²) in [6.45, 7) is 28.6. The Bertz CT molecular complexity index is 393. The van der Waals surface area contributed by atoms with Crippen molar-refractivity contribution in [2.45, 2.75) is 108 Å². The van der Waals surface area contributed by atoms with Crippen molar-refractivity contribution in [3.05, 3.63) is 35.4 Å². The third-order valence-electron chi connectivity index (χ3n) is 3.88. The molecule has 0 heterocycles. The SMILES string of the molecule is CC.CC.CCC(C)C.Cc1ccc(C(C)(C)OCCC(C)(C)C)cc1. The number of hydrogen-bond acceptors (Lipinski definition) is 1. The van der Waals surface area contributed by atoms with Crippen LogP contribution in [0.4, 0.5) is 0 Å². The number of benzene rings is 1. The minimum atomic E-state index is -0.195. The molecule has 0 atom stereocenters. The fourth-order valence-electron chi connectivity index (χ4n) is 1.65. The maximum absolute atomic E-state index is 6.03. The standard InChI is InChI=1S/C16H26O.C5H12.2C2H6/c1-13-7-9-14(10-8-13)16(5,6)17-12-11-15(2,3)4;1-4-5(2)3;2*1-2/h7-10H,11-12H2,1-6H3;5H,4H2,1-3H3;2*1-2H3. The van der Waals surface area contributed by atoms with Crippen LogP contribution in [0.1, 0.15) is 107 Å². The highest BCUT2D eigenvalue weighted by atomic mass is 16.5. The van der Waals surface area contributed by atoms with Crippen LogP contribution in [0, 0.1) is 18.3 Å². The Morgan fingerprint density at radius 2 is 1.23 bits per heavy atom. The van der Waals surface area contributed by atoms with Crippen molar-refractivity contribution in [2.24, 2.45) is 11.3 Å². The fourth-order valence-corrected chi connectivity index (χ4v) is 1.65. The summed E-state index contributed by atoms with van der Waals surface area (Å²) >= 11 is 0. The molecule has 0 radical (unpaired) electrons. The molecular weight excluding hydrogens is 316 g/mol. The van der Waals surface area contributed by atoms with E-state index in [4.69, 9.17) is 4.74 Å². The van der Waals surface area contributed by atoms with E-state index in [1.54, 1.807) is 0 Å². The van der Waals surface area contributed by atoms with Crippen LogP contribution >= 0.6 is 0 Å². The summed E-state index contributed by atoms with van der Waals surface area (Å²) in [5.74, 6) is 0.884. The van der Waals surface area contributed by atoms with E-state index < -0.39 is 0 Å². The number of ether oxygens (including phenoxy) is 1. The number of rotatable bonds is 5. The molecular formula is C25H50O. The molecule has 0 spiro atoms. The van der Waals surface area contributed by atoms with Gasteiger partial charge in [-0.25, -0.2) is 0 Å². The lowest BCUT2D eigenvalue weighted by Crippen LogP contribution is -2.24. The molecule has 1 nitrogen and oxygen atoms in total. The van der Waals surface area contributed by atoms with E-state index in [0.717, 1.165) is 18.9 Å². The molecule has 0 unspecified atom stereocenters. The van der Waals surface area contributed by atoms with Crippen LogP contribution in [-0.2, 0) is 10.3 Å². The smallest absolute Gasteiger partial charge is 0.0875 e. The van der Waals surface area contributed by atoms with E-state index >= 15 is 0 Å². The molecule has 0 saturated carbocycles. The number of aryl methyl sites for hydroxylation is 1. The van der Waals surface area contributed by atoms with Crippen molar-refractivity contribution in [1.29, 1.82) is 0 Å². The predicted molar refractivity (Wildman–Crippen MR) is 122 cm³/mol. The van der Waals surface area contributed by atoms with Gasteiger partial charge in [-0.1, -0.05) is 105 Å². The molecule has 0 aliphatic heterocycles. The summed E-state index contributed by atoms with van der Waals surface area (Å²) in [5.41, 5.74) is 2.68. The summed E-state index contributed by atoms with van der Waals surface area (Å²) in [7, 11) is 0. The molecule has 0 aliphatic rings. The second-order valence-electron chi connectivity index (χ2n) is 8.34. The molecule has 0 aromatic heterocycles. The second kappa shape index (κ2) is 16.4. The van der Waals surface area contributed by atoms with Gasteiger partial charge in [0.15, 0.2) is 0 Å². The monoisotopic (exact) mass is 366 g/mol. The normalized spacial score (nSPS) is 10.7. The van der Waals surface area contributed by atoms with Gasteiger partial charge in [0, 0.05) is 6.61 Å². The Morgan fingerprint density at radius 1 is 0.846 bits per heavy atom. The first-order chi connectivity index (χ1) is 12.0. The Balaban J connectivity index is -0.000000497. The van der Waals surface area contributed by atoms with Crippen LogP contribution in [0.15, 0.2) is 24.3 Å². The van der Waals surface area contributed by atoms with Crippen LogP contribution < -0.4 is 0 Å². The quantitative estimate of drug-likeness (QED) is 0.506. The number of hydrogen-bond donors (Lipinski definition) is 0. The highest BCUT2D eigenvalue weighted by molar-refractivity contribution is 5.25. The summed E-state index contributed by atoms with van der Waals surface area (Å²) < 4.78 is 6.03. The minimum absolute atomic E-state index is 0.195. The van der Waals surface area contributed by atoms with E-state index in [1.807, 2.05) is 27.7 Å². The maximum atomic E-state index is 6.03. The maximum Gasteiger partial charge on any atom is 0.0875 e. The topological polar surface area (TPSA) is 9.23 Å². The van der Waals surface area contributed by atoms with Crippen LogP contribution in [-0.4, -0.2) is 6.61 Å². The zero-order valence-corrected chi connectivity index (χ0v) is 20.4. The zero-order valence-electron chi connectivity index (χ0n) is 20.4. The molecule has 1 heteroatoms. The van der Waals surface area contributed by atoms with Gasteiger partial charge in [-0.15, -0.1) is 0 Å². The third-order valence-corrected chi connectivity index (χ3v) is 3.88. The summed E-state index contributed by atoms with van der Waals surface area (Å²) in [6, 6.07) is 8.60. The van der Waals surface area contributed by atoms with Gasteiger partial charge in [-0.3, -0.25) is 0 Å². The molecule has 1 aromatic rings. The van der Waals surface area contributed by atoms with Crippen LogP contribution in [0.5, 0.6) is 0 Å². The highest BCUT2D eigenvalue weighted by Crippen LogP contribution is 2.27. The molecule has 0 saturated heterocycles. The third kappa shape index (κ3) is 18.0. The van der Waals surface area contributed by atoms with Crippen LogP contribution in [0.25, 0.3) is 0 Å². The first-order valence-corrected chi connectivity index (χ1v) is 10.7. The molecule has 0 N–H and O–H groups in total. The first kappa shape index (κ1) is 29.9. The van der Waals surface area contributed by atoms with E-state index in [0.29, 0.717) is 5.41 Å². The second-order valence-corrected chi connectivity index (χ2v) is 8.34. The lowest BCUT2D eigenvalue weighted by atomic mass is 9.92. The van der Waals surface area contributed by atoms with Gasteiger partial charge in [0.2, 0.25) is 0 Å². The molecule has 156 valence electrons. The summed E-state index contributed by atoms with van der Waals surface area (Å²) in [6.07, 6.45) is 2.39. The van der Waals surface area contributed by atoms with Crippen molar-refractivity contribution in [3.63, 3.8) is 0 Å². The zero-order chi connectivity index (χ0) is 21.4. The van der Waals surface area contributed by atoms with Crippen molar-refractivity contribution < 1.29 is 4.74 Å². The van der Waals surface area contributed by atoms with Gasteiger partial charge >= 0.3 is 0 Å². The average molecular weight is 367 g/mol. The van der Waals surface area contributed by atoms with E-state index in [2.05, 4.69) is 86.6 Å². The molecule has 0 aliphatic carbocycles. The summed E-state index contributed by atoms with van der Waals surface area (Å²) in [5, 5.41) is 0. The Kier molecular flexibility index (Phi) is 18.8. The van der Waals surface area contributed by atoms with Crippen molar-refractivity contribution in [2.75, 3.05) is 6.61 Å². The van der Waals surface area contributed by atoms with Gasteiger partial charge in [-0.2, -0.15) is 0 Å². The van der Waals surface area contributed by atoms with E-state index in [-0.39, 0.29) is 5.60 Å². The predicted octanol–water partition coefficient (Wildman–Crippen LogP) is 8.79. The molecule has 1 aromatic carbocycles. The molecule has 0 amide bonds. The average Bonchev–Trinajstić information content (AvgIpc) is 2.58. The largest absolute Gasteiger partial charge is 0.371 e. The summed E-state index contributed by atoms with van der Waals surface area (Å²) in [4.78, 5) is 0. The van der Waals surface area contributed by atoms with Crippen LogP contribution in [0.2, 0.25) is 0 Å². The molecule has 1 rings (SSSR count).